The molecule has 0 fully saturated rings. The molecule has 0 aliphatic heterocycles. The van der Waals surface area contributed by atoms with E-state index >= 15 is 0 Å². The molecule has 0 bridgehead atoms. The van der Waals surface area contributed by atoms with E-state index in [1.54, 1.807) is 0 Å². The fraction of sp³-hybridized carbons (Fsp3) is 0.500. The molecule has 29 heavy (non-hydrogen) atoms. The van der Waals surface area contributed by atoms with E-state index in [9.17, 15) is 0 Å². The number of hydrogen-bond acceptors (Lipinski definition) is 1. The third kappa shape index (κ3) is 15.6. The summed E-state index contributed by atoms with van der Waals surface area (Å²) in [5.41, 5.74) is 7.21. The van der Waals surface area contributed by atoms with Crippen LogP contribution in [0.4, 0.5) is 0 Å². The van der Waals surface area contributed by atoms with Crippen molar-refractivity contribution >= 4 is 5.57 Å². The van der Waals surface area contributed by atoms with Gasteiger partial charge in [0.25, 0.3) is 0 Å². The molecule has 0 heterocycles. The van der Waals surface area contributed by atoms with Gasteiger partial charge in [-0.1, -0.05) is 88.8 Å². The van der Waals surface area contributed by atoms with Crippen molar-refractivity contribution in [2.45, 2.75) is 92.9 Å². The highest BCUT2D eigenvalue weighted by Crippen LogP contribution is 2.32. The SMILES string of the molecule is C=C(C)CCCCC(CCC)c1ccccc1C(=C)C.C=C(C)NC(=C)C.CC. The average Bonchev–Trinajstić information content (AvgIpc) is 2.65. The molecule has 1 nitrogen and oxygen atoms in total. The third-order valence-electron chi connectivity index (χ3n) is 4.33. The zero-order chi connectivity index (χ0) is 22.8. The zero-order valence-electron chi connectivity index (χ0n) is 20.5. The fourth-order valence-electron chi connectivity index (χ4n) is 3.23. The van der Waals surface area contributed by atoms with Gasteiger partial charge < -0.3 is 5.32 Å². The Bertz CT molecular complexity index is 609. The van der Waals surface area contributed by atoms with Gasteiger partial charge in [-0.3, -0.25) is 0 Å². The number of hydrogen-bond donors (Lipinski definition) is 1. The van der Waals surface area contributed by atoms with Crippen molar-refractivity contribution in [1.82, 2.24) is 5.32 Å². The number of allylic oxidation sites excluding steroid dienone is 4. The van der Waals surface area contributed by atoms with Crippen molar-refractivity contribution in [1.29, 1.82) is 0 Å². The molecule has 0 spiro atoms. The molecular formula is C28H47N. The molecule has 0 radical (unpaired) electrons. The Morgan fingerprint density at radius 1 is 0.862 bits per heavy atom. The van der Waals surface area contributed by atoms with Crippen molar-refractivity contribution in [2.24, 2.45) is 0 Å². The Balaban J connectivity index is 0. The van der Waals surface area contributed by atoms with Crippen LogP contribution in [0.15, 0.2) is 67.5 Å². The molecule has 0 saturated carbocycles. The van der Waals surface area contributed by atoms with Gasteiger partial charge in [0, 0.05) is 11.4 Å². The lowest BCUT2D eigenvalue weighted by Gasteiger charge is -2.20. The summed E-state index contributed by atoms with van der Waals surface area (Å²) in [6.45, 7) is 29.7. The standard InChI is InChI=1S/C20H30.C6H11N.C2H6/c1-6-11-18(13-8-7-12-16(2)3)20-15-10-9-14-19(20)17(4)5;1-5(2)7-6(3)4;1-2/h9-10,14-15,18H,2,4,6-8,11-13H2,1,3,5H3;7H,1,3H2,2,4H3;1-2H3. The summed E-state index contributed by atoms with van der Waals surface area (Å²) in [5.74, 6) is 0.679. The fourth-order valence-corrected chi connectivity index (χ4v) is 3.23. The van der Waals surface area contributed by atoms with Crippen LogP contribution in [-0.4, -0.2) is 0 Å². The van der Waals surface area contributed by atoms with Crippen molar-refractivity contribution in [2.75, 3.05) is 0 Å². The first-order valence-corrected chi connectivity index (χ1v) is 11.2. The summed E-state index contributed by atoms with van der Waals surface area (Å²) < 4.78 is 0. The van der Waals surface area contributed by atoms with Gasteiger partial charge in [0.1, 0.15) is 0 Å². The molecule has 1 aromatic rings. The molecule has 1 unspecified atom stereocenters. The van der Waals surface area contributed by atoms with Crippen LogP contribution >= 0.6 is 0 Å². The van der Waals surface area contributed by atoms with Crippen molar-refractivity contribution in [3.05, 3.63) is 78.7 Å². The number of nitrogens with one attached hydrogen (secondary N) is 1. The molecule has 1 heteroatoms. The van der Waals surface area contributed by atoms with E-state index in [1.807, 2.05) is 27.7 Å². The van der Waals surface area contributed by atoms with Crippen LogP contribution in [0, 0.1) is 0 Å². The van der Waals surface area contributed by atoms with E-state index in [4.69, 9.17) is 0 Å². The van der Waals surface area contributed by atoms with Gasteiger partial charge >= 0.3 is 0 Å². The summed E-state index contributed by atoms with van der Waals surface area (Å²) in [4.78, 5) is 0. The Morgan fingerprint density at radius 2 is 1.41 bits per heavy atom. The van der Waals surface area contributed by atoms with E-state index in [-0.39, 0.29) is 0 Å². The summed E-state index contributed by atoms with van der Waals surface area (Å²) in [5, 5.41) is 2.92. The largest absolute Gasteiger partial charge is 0.364 e. The van der Waals surface area contributed by atoms with E-state index in [2.05, 4.69) is 76.7 Å². The highest BCUT2D eigenvalue weighted by atomic mass is 14.9. The minimum absolute atomic E-state index is 0.679. The molecule has 1 N–H and O–H groups in total. The normalized spacial score (nSPS) is 10.4. The maximum Gasteiger partial charge on any atom is 0.00441 e. The average molecular weight is 398 g/mol. The molecule has 1 atom stereocenters. The van der Waals surface area contributed by atoms with Gasteiger partial charge in [-0.05, 0) is 70.4 Å². The number of unbranched alkanes of at least 4 members (excludes halogenated alkanes) is 1. The predicted molar refractivity (Wildman–Crippen MR) is 136 cm³/mol. The van der Waals surface area contributed by atoms with Gasteiger partial charge in [-0.2, -0.15) is 0 Å². The van der Waals surface area contributed by atoms with Crippen LogP contribution < -0.4 is 5.32 Å². The quantitative estimate of drug-likeness (QED) is 0.289. The molecule has 1 rings (SSSR count). The van der Waals surface area contributed by atoms with Gasteiger partial charge in [0.05, 0.1) is 0 Å². The Kier molecular flexibility index (Phi) is 18.2. The Labute approximate surface area is 182 Å². The van der Waals surface area contributed by atoms with Gasteiger partial charge in [0.2, 0.25) is 0 Å². The van der Waals surface area contributed by atoms with E-state index in [0.29, 0.717) is 5.92 Å². The van der Waals surface area contributed by atoms with Gasteiger partial charge in [-0.25, -0.2) is 0 Å². The Morgan fingerprint density at radius 3 is 1.83 bits per heavy atom. The van der Waals surface area contributed by atoms with Crippen molar-refractivity contribution < 1.29 is 0 Å². The minimum atomic E-state index is 0.679. The maximum absolute atomic E-state index is 4.14. The molecule has 1 aromatic carbocycles. The van der Waals surface area contributed by atoms with Crippen molar-refractivity contribution in [3.8, 4) is 0 Å². The summed E-state index contributed by atoms with van der Waals surface area (Å²) in [6, 6.07) is 8.80. The smallest absolute Gasteiger partial charge is 0.00441 e. The lowest BCUT2D eigenvalue weighted by Crippen LogP contribution is -2.04. The summed E-state index contributed by atoms with van der Waals surface area (Å²) in [7, 11) is 0. The second-order valence-electron chi connectivity index (χ2n) is 7.74. The van der Waals surface area contributed by atoms with E-state index < -0.39 is 0 Å². The topological polar surface area (TPSA) is 12.0 Å². The minimum Gasteiger partial charge on any atom is -0.364 e. The van der Waals surface area contributed by atoms with Gasteiger partial charge in [-0.15, -0.1) is 6.58 Å². The Hall–Kier alpha value is -2.02. The van der Waals surface area contributed by atoms with Crippen molar-refractivity contribution in [3.63, 3.8) is 0 Å². The molecule has 0 aliphatic carbocycles. The maximum atomic E-state index is 4.14. The third-order valence-corrected chi connectivity index (χ3v) is 4.33. The van der Waals surface area contributed by atoms with Crippen LogP contribution in [0.25, 0.3) is 5.57 Å². The second kappa shape index (κ2) is 18.0. The van der Waals surface area contributed by atoms with E-state index in [1.165, 1.54) is 60.8 Å². The highest BCUT2D eigenvalue weighted by Gasteiger charge is 2.14. The molecule has 0 aliphatic rings. The highest BCUT2D eigenvalue weighted by molar-refractivity contribution is 5.65. The summed E-state index contributed by atoms with van der Waals surface area (Å²) in [6.07, 6.45) is 7.53. The van der Waals surface area contributed by atoms with Crippen LogP contribution in [0.3, 0.4) is 0 Å². The summed E-state index contributed by atoms with van der Waals surface area (Å²) >= 11 is 0. The first-order chi connectivity index (χ1) is 13.7. The molecule has 0 aromatic heterocycles. The molecule has 164 valence electrons. The van der Waals surface area contributed by atoms with E-state index in [0.717, 1.165) is 11.4 Å². The molecule has 0 saturated heterocycles. The molecule has 0 amide bonds. The monoisotopic (exact) mass is 397 g/mol. The lowest BCUT2D eigenvalue weighted by atomic mass is 9.85. The van der Waals surface area contributed by atoms with Crippen LogP contribution in [0.5, 0.6) is 0 Å². The van der Waals surface area contributed by atoms with Crippen LogP contribution in [0.1, 0.15) is 104 Å². The lowest BCUT2D eigenvalue weighted by molar-refractivity contribution is 0.531. The van der Waals surface area contributed by atoms with Crippen LogP contribution in [-0.2, 0) is 0 Å². The number of benzene rings is 1. The first kappa shape index (κ1) is 29.2. The number of rotatable bonds is 11. The van der Waals surface area contributed by atoms with Crippen LogP contribution in [0.2, 0.25) is 0 Å². The second-order valence-corrected chi connectivity index (χ2v) is 7.74. The first-order valence-electron chi connectivity index (χ1n) is 11.2. The predicted octanol–water partition coefficient (Wildman–Crippen LogP) is 9.41. The molecular weight excluding hydrogens is 350 g/mol. The van der Waals surface area contributed by atoms with Gasteiger partial charge in [0.15, 0.2) is 0 Å². The zero-order valence-corrected chi connectivity index (χ0v) is 20.5.